The van der Waals surface area contributed by atoms with E-state index < -0.39 is 22.7 Å². The first-order chi connectivity index (χ1) is 20.8. The number of fused-ring (bicyclic) bond motifs is 2. The van der Waals surface area contributed by atoms with E-state index in [1.807, 2.05) is 24.3 Å². The first-order valence-electron chi connectivity index (χ1n) is 13.1. The molecule has 3 heterocycles. The van der Waals surface area contributed by atoms with Crippen LogP contribution in [0.25, 0.3) is 11.0 Å². The highest BCUT2D eigenvalue weighted by Crippen LogP contribution is 2.28. The molecule has 5 aromatic rings. The number of nitrogens with one attached hydrogen (secondary N) is 5. The zero-order valence-corrected chi connectivity index (χ0v) is 22.4. The third kappa shape index (κ3) is 5.36. The van der Waals surface area contributed by atoms with E-state index >= 15 is 0 Å². The Bertz CT molecular complexity index is 1990. The van der Waals surface area contributed by atoms with Gasteiger partial charge in [0.25, 0.3) is 28.6 Å². The van der Waals surface area contributed by atoms with E-state index in [0.29, 0.717) is 17.0 Å². The van der Waals surface area contributed by atoms with Crippen molar-refractivity contribution in [3.05, 3.63) is 103 Å². The van der Waals surface area contributed by atoms with E-state index in [-0.39, 0.29) is 60.3 Å². The molecule has 0 saturated heterocycles. The van der Waals surface area contributed by atoms with Crippen LogP contribution in [0.2, 0.25) is 0 Å². The van der Waals surface area contributed by atoms with Crippen molar-refractivity contribution in [3.8, 4) is 5.75 Å². The van der Waals surface area contributed by atoms with Crippen molar-refractivity contribution in [2.45, 2.75) is 19.6 Å². The highest BCUT2D eigenvalue weighted by molar-refractivity contribution is 6.10. The molecule has 7 N–H and O–H groups in total. The van der Waals surface area contributed by atoms with Gasteiger partial charge in [0.2, 0.25) is 0 Å². The summed E-state index contributed by atoms with van der Waals surface area (Å²) in [5.41, 5.74) is 8.07. The molecule has 0 bridgehead atoms. The molecule has 0 atom stereocenters. The SMILES string of the molecule is Nc1c(NCc2cccc(CNC(=O)c3c[nH]c4c(C(=O)NCc5ccc6c(c5)NC(=O)CO6)ncnc34)c2)c(=O)c1=O. The van der Waals surface area contributed by atoms with Gasteiger partial charge < -0.3 is 36.7 Å². The van der Waals surface area contributed by atoms with Gasteiger partial charge in [0.1, 0.15) is 29.0 Å². The van der Waals surface area contributed by atoms with Crippen molar-refractivity contribution in [2.24, 2.45) is 0 Å². The van der Waals surface area contributed by atoms with Crippen LogP contribution in [0.5, 0.6) is 5.75 Å². The van der Waals surface area contributed by atoms with Crippen LogP contribution in [0, 0.1) is 0 Å². The van der Waals surface area contributed by atoms with E-state index in [9.17, 15) is 24.0 Å². The van der Waals surface area contributed by atoms with Crippen LogP contribution < -0.4 is 42.6 Å². The van der Waals surface area contributed by atoms with Crippen LogP contribution in [-0.2, 0) is 24.4 Å². The number of carbonyl (C=O) groups excluding carboxylic acids is 3. The van der Waals surface area contributed by atoms with Crippen molar-refractivity contribution in [2.75, 3.05) is 23.0 Å². The molecular weight excluding hydrogens is 556 g/mol. The number of carbonyl (C=O) groups is 3. The second-order valence-corrected chi connectivity index (χ2v) is 9.80. The molecule has 14 nitrogen and oxygen atoms in total. The molecule has 1 aliphatic heterocycles. The van der Waals surface area contributed by atoms with Gasteiger partial charge in [-0.25, -0.2) is 9.97 Å². The molecule has 0 unspecified atom stereocenters. The number of nitrogens with zero attached hydrogens (tertiary/aromatic N) is 2. The number of amides is 3. The molecule has 3 aromatic carbocycles. The molecule has 43 heavy (non-hydrogen) atoms. The van der Waals surface area contributed by atoms with E-state index in [1.54, 1.807) is 18.2 Å². The number of benzene rings is 2. The van der Waals surface area contributed by atoms with Crippen LogP contribution in [0.15, 0.2) is 64.6 Å². The Morgan fingerprint density at radius 3 is 2.44 bits per heavy atom. The van der Waals surface area contributed by atoms with Crippen molar-refractivity contribution < 1.29 is 19.1 Å². The quantitative estimate of drug-likeness (QED) is 0.136. The summed E-state index contributed by atoms with van der Waals surface area (Å²) in [5, 5.41) is 11.2. The molecular formula is C29H24N8O6. The lowest BCUT2D eigenvalue weighted by Gasteiger charge is -2.18. The highest BCUT2D eigenvalue weighted by Gasteiger charge is 2.21. The van der Waals surface area contributed by atoms with Gasteiger partial charge in [-0.05, 0) is 28.8 Å². The number of nitrogen functional groups attached to an aromatic ring is 1. The summed E-state index contributed by atoms with van der Waals surface area (Å²) in [6.07, 6.45) is 2.68. The lowest BCUT2D eigenvalue weighted by Crippen LogP contribution is -2.36. The maximum absolute atomic E-state index is 13.0. The van der Waals surface area contributed by atoms with Crippen molar-refractivity contribution in [3.63, 3.8) is 0 Å². The van der Waals surface area contributed by atoms with Gasteiger partial charge in [0.15, 0.2) is 12.3 Å². The molecule has 6 rings (SSSR count). The largest absolute Gasteiger partial charge is 0.482 e. The predicted molar refractivity (Wildman–Crippen MR) is 156 cm³/mol. The summed E-state index contributed by atoms with van der Waals surface area (Å²) in [5.74, 6) is -0.584. The molecule has 0 fully saturated rings. The normalized spacial score (nSPS) is 12.3. The molecule has 0 radical (unpaired) electrons. The van der Waals surface area contributed by atoms with Crippen LogP contribution >= 0.6 is 0 Å². The van der Waals surface area contributed by atoms with Crippen molar-refractivity contribution in [1.82, 2.24) is 25.6 Å². The minimum Gasteiger partial charge on any atom is -0.482 e. The summed E-state index contributed by atoms with van der Waals surface area (Å²) in [7, 11) is 0. The fourth-order valence-corrected chi connectivity index (χ4v) is 4.69. The molecule has 216 valence electrons. The number of aromatic nitrogens is 3. The van der Waals surface area contributed by atoms with Gasteiger partial charge >= 0.3 is 0 Å². The maximum Gasteiger partial charge on any atom is 0.272 e. The second kappa shape index (κ2) is 11.1. The maximum atomic E-state index is 13.0. The summed E-state index contributed by atoms with van der Waals surface area (Å²) < 4.78 is 5.36. The molecule has 0 saturated carbocycles. The molecule has 0 aliphatic carbocycles. The number of hydrogen-bond acceptors (Lipinski definition) is 10. The van der Waals surface area contributed by atoms with Gasteiger partial charge in [-0.1, -0.05) is 30.3 Å². The zero-order chi connectivity index (χ0) is 30.1. The summed E-state index contributed by atoms with van der Waals surface area (Å²) in [6, 6.07) is 12.5. The molecule has 14 heteroatoms. The number of hydrogen-bond donors (Lipinski definition) is 6. The summed E-state index contributed by atoms with van der Waals surface area (Å²) in [6.45, 7) is 0.595. The molecule has 1 aliphatic rings. The Hall–Kier alpha value is -6.05. The first kappa shape index (κ1) is 27.1. The summed E-state index contributed by atoms with van der Waals surface area (Å²) in [4.78, 5) is 71.8. The number of ether oxygens (including phenoxy) is 1. The Morgan fingerprint density at radius 2 is 1.65 bits per heavy atom. The van der Waals surface area contributed by atoms with Crippen LogP contribution in [0.3, 0.4) is 0 Å². The summed E-state index contributed by atoms with van der Waals surface area (Å²) >= 11 is 0. The Morgan fingerprint density at radius 1 is 0.907 bits per heavy atom. The lowest BCUT2D eigenvalue weighted by atomic mass is 10.1. The van der Waals surface area contributed by atoms with E-state index in [1.165, 1.54) is 12.5 Å². The van der Waals surface area contributed by atoms with Gasteiger partial charge in [-0.2, -0.15) is 0 Å². The smallest absolute Gasteiger partial charge is 0.272 e. The fraction of sp³-hybridized carbons (Fsp3) is 0.138. The Balaban J connectivity index is 1.09. The van der Waals surface area contributed by atoms with Crippen LogP contribution in [-0.4, -0.2) is 39.3 Å². The molecule has 0 spiro atoms. The van der Waals surface area contributed by atoms with Gasteiger partial charge in [0, 0.05) is 25.8 Å². The number of aromatic amines is 1. The van der Waals surface area contributed by atoms with Gasteiger partial charge in [-0.15, -0.1) is 0 Å². The van der Waals surface area contributed by atoms with Crippen LogP contribution in [0.4, 0.5) is 17.1 Å². The number of H-pyrrole nitrogens is 1. The average Bonchev–Trinajstić information content (AvgIpc) is 3.47. The minimum absolute atomic E-state index is 0.0439. The standard InChI is InChI=1S/C29H24N8O6/c30-21-23(27(40)26(21)39)31-8-14-2-1-3-15(6-14)9-33-28(41)17-11-32-24-22(17)35-13-36-25(24)29(42)34-10-16-4-5-19-18(7-16)37-20(38)12-43-19/h1-7,11,13,31-32H,8-10,12,30H2,(H,33,41)(H,34,42)(H,37,38). The third-order valence-corrected chi connectivity index (χ3v) is 6.91. The van der Waals surface area contributed by atoms with E-state index in [2.05, 4.69) is 36.2 Å². The van der Waals surface area contributed by atoms with Gasteiger partial charge in [0.05, 0.1) is 16.8 Å². The number of anilines is 3. The Labute approximate surface area is 242 Å². The third-order valence-electron chi connectivity index (χ3n) is 6.91. The monoisotopic (exact) mass is 580 g/mol. The van der Waals surface area contributed by atoms with E-state index in [0.717, 1.165) is 16.7 Å². The average molecular weight is 581 g/mol. The van der Waals surface area contributed by atoms with Crippen molar-refractivity contribution in [1.29, 1.82) is 0 Å². The predicted octanol–water partition coefficient (Wildman–Crippen LogP) is 0.939. The highest BCUT2D eigenvalue weighted by atomic mass is 16.5. The molecule has 2 aromatic heterocycles. The van der Waals surface area contributed by atoms with Crippen LogP contribution in [0.1, 0.15) is 37.5 Å². The number of nitrogens with two attached hydrogens (primary N) is 1. The minimum atomic E-state index is -0.687. The lowest BCUT2D eigenvalue weighted by molar-refractivity contribution is -0.118. The van der Waals surface area contributed by atoms with Gasteiger partial charge in [-0.3, -0.25) is 24.0 Å². The fourth-order valence-electron chi connectivity index (χ4n) is 4.69. The van der Waals surface area contributed by atoms with Crippen molar-refractivity contribution >= 4 is 45.8 Å². The van der Waals surface area contributed by atoms with E-state index in [4.69, 9.17) is 10.5 Å². The number of rotatable bonds is 9. The second-order valence-electron chi connectivity index (χ2n) is 9.80. The first-order valence-corrected chi connectivity index (χ1v) is 13.1. The zero-order valence-electron chi connectivity index (χ0n) is 22.4. The molecule has 3 amide bonds. The topological polar surface area (TPSA) is 210 Å². The Kier molecular flexibility index (Phi) is 6.99.